The van der Waals surface area contributed by atoms with Crippen LogP contribution in [0.1, 0.15) is 45.2 Å². The summed E-state index contributed by atoms with van der Waals surface area (Å²) in [4.78, 5) is 7.12. The van der Waals surface area contributed by atoms with Gasteiger partial charge in [-0.2, -0.15) is 9.61 Å². The van der Waals surface area contributed by atoms with Crippen LogP contribution in [0.5, 0.6) is 0 Å². The lowest BCUT2D eigenvalue weighted by Gasteiger charge is -2.21. The molecule has 0 N–H and O–H groups in total. The van der Waals surface area contributed by atoms with Gasteiger partial charge in [-0.25, -0.2) is 4.98 Å². The Labute approximate surface area is 132 Å². The summed E-state index contributed by atoms with van der Waals surface area (Å²) in [6.07, 6.45) is 4.10. The molecule has 5 heteroatoms. The summed E-state index contributed by atoms with van der Waals surface area (Å²) in [7, 11) is 0. The van der Waals surface area contributed by atoms with Crippen LogP contribution in [0, 0.1) is 5.92 Å². The fourth-order valence-electron chi connectivity index (χ4n) is 3.01. The van der Waals surface area contributed by atoms with Crippen LogP contribution >= 0.6 is 0 Å². The minimum atomic E-state index is 0.421. The number of hydrogen-bond acceptors (Lipinski definition) is 4. The number of anilines is 1. The molecule has 120 valence electrons. The van der Waals surface area contributed by atoms with E-state index < -0.39 is 0 Å². The lowest BCUT2D eigenvalue weighted by atomic mass is 10.1. The third kappa shape index (κ3) is 3.09. The first-order valence-corrected chi connectivity index (χ1v) is 8.36. The van der Waals surface area contributed by atoms with Crippen molar-refractivity contribution in [1.82, 2.24) is 14.6 Å². The van der Waals surface area contributed by atoms with Crippen molar-refractivity contribution in [2.75, 3.05) is 31.2 Å². The predicted octanol–water partition coefficient (Wildman–Crippen LogP) is 3.11. The normalized spacial score (nSPS) is 18.7. The van der Waals surface area contributed by atoms with Crippen LogP contribution in [0.15, 0.2) is 18.3 Å². The molecule has 1 atom stereocenters. The van der Waals surface area contributed by atoms with Crippen molar-refractivity contribution in [1.29, 1.82) is 0 Å². The second-order valence-electron chi connectivity index (χ2n) is 6.47. The molecule has 2 aromatic rings. The van der Waals surface area contributed by atoms with Crippen molar-refractivity contribution in [3.05, 3.63) is 24.0 Å². The van der Waals surface area contributed by atoms with E-state index in [0.29, 0.717) is 11.8 Å². The smallest absolute Gasteiger partial charge is 0.157 e. The molecule has 1 fully saturated rings. The average molecular weight is 302 g/mol. The summed E-state index contributed by atoms with van der Waals surface area (Å²) >= 11 is 0. The Balaban J connectivity index is 1.79. The zero-order chi connectivity index (χ0) is 15.5. The maximum atomic E-state index is 5.72. The lowest BCUT2D eigenvalue weighted by Crippen LogP contribution is -2.24. The molecule has 5 nitrogen and oxygen atoms in total. The fourth-order valence-corrected chi connectivity index (χ4v) is 3.01. The first-order chi connectivity index (χ1) is 10.7. The highest BCUT2D eigenvalue weighted by Gasteiger charge is 2.25. The number of rotatable bonds is 6. The standard InChI is InChI=1S/C17H26N4O/c1-4-9-22-12-14-6-8-20(11-14)17-10-15(13(2)3)19-16-5-7-18-21(16)17/h5,7,10,13-14H,4,6,8-9,11-12H2,1-3H3. The van der Waals surface area contributed by atoms with Crippen LogP contribution in [0.4, 0.5) is 5.82 Å². The van der Waals surface area contributed by atoms with Gasteiger partial charge in [-0.05, 0) is 18.8 Å². The van der Waals surface area contributed by atoms with E-state index in [4.69, 9.17) is 9.72 Å². The second-order valence-corrected chi connectivity index (χ2v) is 6.47. The zero-order valence-electron chi connectivity index (χ0n) is 13.8. The van der Waals surface area contributed by atoms with Crippen molar-refractivity contribution in [2.24, 2.45) is 5.92 Å². The molecule has 0 radical (unpaired) electrons. The lowest BCUT2D eigenvalue weighted by molar-refractivity contribution is 0.106. The zero-order valence-corrected chi connectivity index (χ0v) is 13.8. The van der Waals surface area contributed by atoms with Gasteiger partial charge in [-0.1, -0.05) is 20.8 Å². The van der Waals surface area contributed by atoms with Gasteiger partial charge in [0.05, 0.1) is 12.8 Å². The van der Waals surface area contributed by atoms with Crippen molar-refractivity contribution in [2.45, 2.75) is 39.5 Å². The molecule has 1 aliphatic rings. The van der Waals surface area contributed by atoms with Crippen molar-refractivity contribution in [3.8, 4) is 0 Å². The monoisotopic (exact) mass is 302 g/mol. The van der Waals surface area contributed by atoms with Crippen LogP contribution in [0.25, 0.3) is 5.65 Å². The third-order valence-corrected chi connectivity index (χ3v) is 4.26. The van der Waals surface area contributed by atoms with E-state index in [2.05, 4.69) is 36.8 Å². The summed E-state index contributed by atoms with van der Waals surface area (Å²) in [6.45, 7) is 10.4. The number of aromatic nitrogens is 3. The Morgan fingerprint density at radius 2 is 2.27 bits per heavy atom. The molecule has 0 aliphatic carbocycles. The Bertz CT molecular complexity index is 622. The van der Waals surface area contributed by atoms with Crippen LogP contribution in [0.2, 0.25) is 0 Å². The molecule has 0 spiro atoms. The molecule has 2 aromatic heterocycles. The fraction of sp³-hybridized carbons (Fsp3) is 0.647. The van der Waals surface area contributed by atoms with Crippen molar-refractivity contribution >= 4 is 11.5 Å². The van der Waals surface area contributed by atoms with E-state index in [1.54, 1.807) is 0 Å². The van der Waals surface area contributed by atoms with E-state index >= 15 is 0 Å². The number of nitrogens with zero attached hydrogens (tertiary/aromatic N) is 4. The van der Waals surface area contributed by atoms with E-state index in [1.165, 1.54) is 6.42 Å². The van der Waals surface area contributed by atoms with Gasteiger partial charge < -0.3 is 9.64 Å². The van der Waals surface area contributed by atoms with Crippen LogP contribution in [-0.4, -0.2) is 40.9 Å². The number of ether oxygens (including phenoxy) is 1. The van der Waals surface area contributed by atoms with Gasteiger partial charge in [0.25, 0.3) is 0 Å². The number of fused-ring (bicyclic) bond motifs is 1. The molecule has 0 saturated carbocycles. The predicted molar refractivity (Wildman–Crippen MR) is 88.5 cm³/mol. The topological polar surface area (TPSA) is 42.7 Å². The van der Waals surface area contributed by atoms with Crippen LogP contribution in [-0.2, 0) is 4.74 Å². The molecule has 3 heterocycles. The SMILES string of the molecule is CCCOCC1CCN(c2cc(C(C)C)nc3ccnn23)C1. The molecular formula is C17H26N4O. The van der Waals surface area contributed by atoms with Crippen molar-refractivity contribution in [3.63, 3.8) is 0 Å². The largest absolute Gasteiger partial charge is 0.381 e. The first-order valence-electron chi connectivity index (χ1n) is 8.36. The van der Waals surface area contributed by atoms with Gasteiger partial charge in [0.2, 0.25) is 0 Å². The van der Waals surface area contributed by atoms with Gasteiger partial charge in [0.1, 0.15) is 5.82 Å². The maximum absolute atomic E-state index is 5.72. The van der Waals surface area contributed by atoms with Gasteiger partial charge in [-0.15, -0.1) is 0 Å². The molecule has 0 bridgehead atoms. The quantitative estimate of drug-likeness (QED) is 0.769. The van der Waals surface area contributed by atoms with Crippen LogP contribution in [0.3, 0.4) is 0 Å². The Morgan fingerprint density at radius 3 is 3.05 bits per heavy atom. The highest BCUT2D eigenvalue weighted by atomic mass is 16.5. The Kier molecular flexibility index (Phi) is 4.62. The van der Waals surface area contributed by atoms with Gasteiger partial charge in [0.15, 0.2) is 5.65 Å². The average Bonchev–Trinajstić information content (AvgIpc) is 3.15. The first kappa shape index (κ1) is 15.3. The molecule has 22 heavy (non-hydrogen) atoms. The highest BCUT2D eigenvalue weighted by molar-refractivity contribution is 5.51. The summed E-state index contributed by atoms with van der Waals surface area (Å²) in [5, 5.41) is 4.45. The van der Waals surface area contributed by atoms with E-state index in [1.807, 2.05) is 16.8 Å². The minimum Gasteiger partial charge on any atom is -0.381 e. The maximum Gasteiger partial charge on any atom is 0.157 e. The summed E-state index contributed by atoms with van der Waals surface area (Å²) in [5.74, 6) is 2.20. The molecule has 3 rings (SSSR count). The minimum absolute atomic E-state index is 0.421. The highest BCUT2D eigenvalue weighted by Crippen LogP contribution is 2.27. The van der Waals surface area contributed by atoms with E-state index in [9.17, 15) is 0 Å². The van der Waals surface area contributed by atoms with Crippen molar-refractivity contribution < 1.29 is 4.74 Å². The molecule has 1 aliphatic heterocycles. The van der Waals surface area contributed by atoms with Gasteiger partial charge >= 0.3 is 0 Å². The molecule has 0 amide bonds. The molecular weight excluding hydrogens is 276 g/mol. The third-order valence-electron chi connectivity index (χ3n) is 4.26. The second kappa shape index (κ2) is 6.65. The molecule has 1 unspecified atom stereocenters. The van der Waals surface area contributed by atoms with Crippen LogP contribution < -0.4 is 4.90 Å². The summed E-state index contributed by atoms with van der Waals surface area (Å²) in [5.41, 5.74) is 2.07. The van der Waals surface area contributed by atoms with E-state index in [0.717, 1.165) is 49.9 Å². The number of hydrogen-bond donors (Lipinski definition) is 0. The summed E-state index contributed by atoms with van der Waals surface area (Å²) in [6, 6.07) is 4.17. The van der Waals surface area contributed by atoms with Gasteiger partial charge in [-0.3, -0.25) is 0 Å². The van der Waals surface area contributed by atoms with E-state index in [-0.39, 0.29) is 0 Å². The molecule has 0 aromatic carbocycles. The Morgan fingerprint density at radius 1 is 1.41 bits per heavy atom. The summed E-state index contributed by atoms with van der Waals surface area (Å²) < 4.78 is 7.68. The van der Waals surface area contributed by atoms with Gasteiger partial charge in [0, 0.05) is 43.4 Å². The Hall–Kier alpha value is -1.62. The molecule has 1 saturated heterocycles.